The van der Waals surface area contributed by atoms with Crippen LogP contribution in [0.3, 0.4) is 0 Å². The van der Waals surface area contributed by atoms with E-state index in [4.69, 9.17) is 5.11 Å². The van der Waals surface area contributed by atoms with Crippen molar-refractivity contribution in [2.45, 2.75) is 57.8 Å². The molecular weight excluding hydrogens is 579 g/mol. The molecule has 0 aliphatic heterocycles. The number of hydrogen-bond donors (Lipinski definition) is 4. The summed E-state index contributed by atoms with van der Waals surface area (Å²) >= 11 is 0. The molecule has 42 heavy (non-hydrogen) atoms. The number of hydrogen-bond acceptors (Lipinski definition) is 4. The number of aromatic nitrogens is 1. The third-order valence-corrected chi connectivity index (χ3v) is 6.93. The van der Waals surface area contributed by atoms with Crippen molar-refractivity contribution in [2.75, 3.05) is 5.32 Å². The van der Waals surface area contributed by atoms with Gasteiger partial charge >= 0.3 is 5.97 Å². The van der Waals surface area contributed by atoms with E-state index in [1.807, 2.05) is 79.1 Å². The van der Waals surface area contributed by atoms with Gasteiger partial charge < -0.3 is 25.2 Å². The SMILES string of the molecule is CC(C)c1c(C(=O)Nc2ccccc2)c(-c2ccccc2)c(-c2ccc(F)cc2)n1CC[C@@H](O)C[C@@H](O)CC(=O)O.[Fe]. The van der Waals surface area contributed by atoms with Crippen molar-refractivity contribution in [3.05, 3.63) is 102 Å². The predicted octanol–water partition coefficient (Wildman–Crippen LogP) is 6.31. The monoisotopic (exact) mass is 614 g/mol. The van der Waals surface area contributed by atoms with E-state index in [-0.39, 0.29) is 54.1 Å². The van der Waals surface area contributed by atoms with Crippen molar-refractivity contribution in [1.82, 2.24) is 4.57 Å². The molecular formula is C33H35FFeN2O5. The number of amides is 1. The van der Waals surface area contributed by atoms with Gasteiger partial charge in [0.2, 0.25) is 0 Å². The molecule has 4 N–H and O–H groups in total. The summed E-state index contributed by atoms with van der Waals surface area (Å²) < 4.78 is 16.0. The van der Waals surface area contributed by atoms with Gasteiger partial charge in [0.1, 0.15) is 5.82 Å². The fourth-order valence-electron chi connectivity index (χ4n) is 5.20. The number of carboxylic acid groups (broad SMARTS) is 1. The van der Waals surface area contributed by atoms with E-state index in [9.17, 15) is 24.2 Å². The van der Waals surface area contributed by atoms with Gasteiger partial charge in [0.25, 0.3) is 5.91 Å². The molecule has 0 saturated carbocycles. The van der Waals surface area contributed by atoms with Crippen LogP contribution >= 0.6 is 0 Å². The zero-order chi connectivity index (χ0) is 29.5. The summed E-state index contributed by atoms with van der Waals surface area (Å²) in [5.74, 6) is -1.93. The van der Waals surface area contributed by atoms with Crippen LogP contribution in [0.2, 0.25) is 0 Å². The number of aliphatic hydroxyl groups excluding tert-OH is 2. The third kappa shape index (κ3) is 7.95. The fourth-order valence-corrected chi connectivity index (χ4v) is 5.20. The van der Waals surface area contributed by atoms with Crippen molar-refractivity contribution < 1.29 is 46.4 Å². The summed E-state index contributed by atoms with van der Waals surface area (Å²) in [6.45, 7) is 4.25. The molecule has 0 radical (unpaired) electrons. The second-order valence-electron chi connectivity index (χ2n) is 10.4. The van der Waals surface area contributed by atoms with Gasteiger partial charge in [-0.3, -0.25) is 9.59 Å². The summed E-state index contributed by atoms with van der Waals surface area (Å²) in [6.07, 6.45) is -2.51. The van der Waals surface area contributed by atoms with Gasteiger partial charge in [-0.05, 0) is 66.3 Å². The Kier molecular flexibility index (Phi) is 11.6. The Morgan fingerprint density at radius 3 is 2.02 bits per heavy atom. The van der Waals surface area contributed by atoms with Gasteiger partial charge in [-0.15, -0.1) is 0 Å². The molecule has 0 spiro atoms. The molecule has 7 nitrogen and oxygen atoms in total. The van der Waals surface area contributed by atoms with Gasteiger partial charge in [-0.25, -0.2) is 4.39 Å². The standard InChI is InChI=1S/C33H35FN2O5.Fe/c1-21(2)31-30(33(41)35-25-11-7-4-8-12-25)29(22-9-5-3-6-10-22)32(23-13-15-24(34)16-14-23)36(31)18-17-26(37)19-27(38)20-28(39)40;/h3-16,21,26-27,37-38H,17-20H2,1-2H3,(H,35,41)(H,39,40);/t26-,27-;/m1./s1. The van der Waals surface area contributed by atoms with E-state index in [2.05, 4.69) is 5.32 Å². The maximum Gasteiger partial charge on any atom is 0.305 e. The number of anilines is 1. The smallest absolute Gasteiger partial charge is 0.305 e. The maximum atomic E-state index is 14.0. The molecule has 2 atom stereocenters. The molecule has 0 aliphatic rings. The fraction of sp³-hybridized carbons (Fsp3) is 0.273. The van der Waals surface area contributed by atoms with Gasteiger partial charge in [0.05, 0.1) is 29.9 Å². The minimum absolute atomic E-state index is 0. The molecule has 1 amide bonds. The first-order valence-corrected chi connectivity index (χ1v) is 13.7. The number of halogens is 1. The quantitative estimate of drug-likeness (QED) is 0.140. The van der Waals surface area contributed by atoms with Crippen LogP contribution < -0.4 is 5.32 Å². The molecule has 9 heteroatoms. The average Bonchev–Trinajstić information content (AvgIpc) is 3.28. The summed E-state index contributed by atoms with van der Waals surface area (Å²) in [6, 6.07) is 24.8. The molecule has 1 heterocycles. The number of benzene rings is 3. The van der Waals surface area contributed by atoms with Crippen molar-refractivity contribution >= 4 is 17.6 Å². The minimum atomic E-state index is -1.18. The Bertz CT molecular complexity index is 1470. The topological polar surface area (TPSA) is 112 Å². The van der Waals surface area contributed by atoms with Gasteiger partial charge in [-0.2, -0.15) is 0 Å². The second-order valence-corrected chi connectivity index (χ2v) is 10.4. The number of aliphatic hydroxyl groups is 2. The Morgan fingerprint density at radius 2 is 1.45 bits per heavy atom. The van der Waals surface area contributed by atoms with Crippen LogP contribution in [-0.4, -0.2) is 44.0 Å². The summed E-state index contributed by atoms with van der Waals surface area (Å²) in [5, 5.41) is 32.8. The molecule has 3 aromatic carbocycles. The van der Waals surface area contributed by atoms with Gasteiger partial charge in [-0.1, -0.05) is 62.4 Å². The second kappa shape index (κ2) is 14.9. The van der Waals surface area contributed by atoms with Crippen molar-refractivity contribution in [3.63, 3.8) is 0 Å². The van der Waals surface area contributed by atoms with Crippen LogP contribution in [0.15, 0.2) is 84.9 Å². The molecule has 0 bridgehead atoms. The Labute approximate surface area is 255 Å². The average molecular weight is 614 g/mol. The first kappa shape index (κ1) is 32.8. The van der Waals surface area contributed by atoms with Crippen LogP contribution in [0.5, 0.6) is 0 Å². The summed E-state index contributed by atoms with van der Waals surface area (Å²) in [5.41, 5.74) is 4.77. The number of rotatable bonds is 12. The first-order chi connectivity index (χ1) is 19.7. The summed E-state index contributed by atoms with van der Waals surface area (Å²) in [4.78, 5) is 25.0. The minimum Gasteiger partial charge on any atom is -0.481 e. The third-order valence-electron chi connectivity index (χ3n) is 6.93. The summed E-state index contributed by atoms with van der Waals surface area (Å²) in [7, 11) is 0. The van der Waals surface area contributed by atoms with E-state index in [0.717, 1.165) is 11.3 Å². The van der Waals surface area contributed by atoms with E-state index in [0.29, 0.717) is 28.1 Å². The molecule has 0 saturated heterocycles. The molecule has 0 fully saturated rings. The molecule has 222 valence electrons. The van der Waals surface area contributed by atoms with Crippen molar-refractivity contribution in [2.24, 2.45) is 0 Å². The zero-order valence-electron chi connectivity index (χ0n) is 23.5. The van der Waals surface area contributed by atoms with Crippen LogP contribution in [0.4, 0.5) is 10.1 Å². The number of carbonyl (C=O) groups is 2. The Hall–Kier alpha value is -3.75. The number of carboxylic acids is 1. The normalized spacial score (nSPS) is 12.4. The maximum absolute atomic E-state index is 14.0. The number of carbonyl (C=O) groups excluding carboxylic acids is 1. The largest absolute Gasteiger partial charge is 0.481 e. The van der Waals surface area contributed by atoms with Gasteiger partial charge in [0.15, 0.2) is 0 Å². The predicted molar refractivity (Wildman–Crippen MR) is 157 cm³/mol. The molecule has 4 rings (SSSR count). The number of para-hydroxylation sites is 1. The van der Waals surface area contributed by atoms with E-state index < -0.39 is 24.6 Å². The van der Waals surface area contributed by atoms with Crippen LogP contribution in [-0.2, 0) is 28.4 Å². The van der Waals surface area contributed by atoms with E-state index >= 15 is 0 Å². The van der Waals surface area contributed by atoms with Crippen molar-refractivity contribution in [1.29, 1.82) is 0 Å². The van der Waals surface area contributed by atoms with Crippen molar-refractivity contribution in [3.8, 4) is 22.4 Å². The number of nitrogens with one attached hydrogen (secondary N) is 1. The Morgan fingerprint density at radius 1 is 0.857 bits per heavy atom. The van der Waals surface area contributed by atoms with Gasteiger partial charge in [0, 0.05) is 40.6 Å². The zero-order valence-corrected chi connectivity index (χ0v) is 24.6. The Balaban J connectivity index is 0.00000484. The molecule has 0 unspecified atom stereocenters. The number of aliphatic carboxylic acids is 1. The molecule has 1 aromatic heterocycles. The molecule has 0 aliphatic carbocycles. The first-order valence-electron chi connectivity index (χ1n) is 13.7. The van der Waals surface area contributed by atoms with Crippen LogP contribution in [0.1, 0.15) is 55.1 Å². The van der Waals surface area contributed by atoms with Crippen LogP contribution in [0, 0.1) is 5.82 Å². The number of nitrogens with zero attached hydrogens (tertiary/aromatic N) is 1. The van der Waals surface area contributed by atoms with E-state index in [1.165, 1.54) is 12.1 Å². The van der Waals surface area contributed by atoms with Crippen LogP contribution in [0.25, 0.3) is 22.4 Å². The van der Waals surface area contributed by atoms with E-state index in [1.54, 1.807) is 12.1 Å². The molecule has 4 aromatic rings.